The molecular weight excluding hydrogens is 182 g/mol. The minimum absolute atomic E-state index is 0.172. The summed E-state index contributed by atoms with van der Waals surface area (Å²) in [6, 6.07) is 2.29. The lowest BCUT2D eigenvalue weighted by Crippen LogP contribution is -1.99. The van der Waals surface area contributed by atoms with Gasteiger partial charge in [-0.05, 0) is 56.9 Å². The van der Waals surface area contributed by atoms with Gasteiger partial charge in [-0.25, -0.2) is 0 Å². The summed E-state index contributed by atoms with van der Waals surface area (Å²) in [4.78, 5) is 0. The normalized spacial score (nSPS) is 25.5. The lowest BCUT2D eigenvalue weighted by atomic mass is 9.90. The van der Waals surface area contributed by atoms with E-state index in [-0.39, 0.29) is 5.92 Å². The monoisotopic (exact) mass is 201 g/mol. The maximum atomic E-state index is 8.73. The van der Waals surface area contributed by atoms with Crippen LogP contribution in [0.2, 0.25) is 0 Å². The maximum absolute atomic E-state index is 8.73. The van der Waals surface area contributed by atoms with Crippen molar-refractivity contribution in [1.29, 1.82) is 5.26 Å². The average Bonchev–Trinajstić information content (AvgIpc) is 2.86. The Morgan fingerprint density at radius 2 is 2.40 bits per heavy atom. The molecule has 2 rings (SSSR count). The molecule has 0 aromatic carbocycles. The number of hydrogen-bond acceptors (Lipinski definition) is 1. The molecule has 0 spiro atoms. The van der Waals surface area contributed by atoms with E-state index in [9.17, 15) is 0 Å². The van der Waals surface area contributed by atoms with E-state index < -0.39 is 0 Å². The minimum atomic E-state index is 0.172. The molecule has 2 bridgehead atoms. The number of nitrogens with zero attached hydrogens (tertiary/aromatic N) is 1. The first-order valence-electron chi connectivity index (χ1n) is 5.99. The minimum Gasteiger partial charge on any atom is -0.198 e. The Bertz CT molecular complexity index is 343. The zero-order chi connectivity index (χ0) is 10.8. The highest BCUT2D eigenvalue weighted by atomic mass is 14.4. The van der Waals surface area contributed by atoms with Crippen LogP contribution in [0.15, 0.2) is 23.3 Å². The summed E-state index contributed by atoms with van der Waals surface area (Å²) in [6.45, 7) is 6.19. The van der Waals surface area contributed by atoms with Gasteiger partial charge in [0.1, 0.15) is 0 Å². The summed E-state index contributed by atoms with van der Waals surface area (Å²) in [6.07, 6.45) is 7.31. The third-order valence-corrected chi connectivity index (χ3v) is 3.84. The van der Waals surface area contributed by atoms with Crippen molar-refractivity contribution in [2.45, 2.75) is 45.4 Å². The van der Waals surface area contributed by atoms with Gasteiger partial charge in [-0.2, -0.15) is 5.26 Å². The molecule has 2 unspecified atom stereocenters. The van der Waals surface area contributed by atoms with Crippen molar-refractivity contribution >= 4 is 0 Å². The van der Waals surface area contributed by atoms with Crippen LogP contribution in [-0.4, -0.2) is 0 Å². The molecule has 0 aromatic rings. The molecular formula is C14H19N. The molecule has 0 N–H and O–H groups in total. The van der Waals surface area contributed by atoms with Crippen LogP contribution in [0.4, 0.5) is 0 Å². The highest BCUT2D eigenvalue weighted by Crippen LogP contribution is 2.46. The quantitative estimate of drug-likeness (QED) is 0.674. The molecule has 0 heterocycles. The SMILES string of the molecule is C=C(CCC(C)C#N)C1=C2CCC(C2)C1. The first kappa shape index (κ1) is 10.5. The van der Waals surface area contributed by atoms with Gasteiger partial charge in [0.2, 0.25) is 0 Å². The maximum Gasteiger partial charge on any atom is 0.0652 e. The highest BCUT2D eigenvalue weighted by Gasteiger charge is 2.30. The Balaban J connectivity index is 1.90. The van der Waals surface area contributed by atoms with E-state index in [4.69, 9.17) is 5.26 Å². The van der Waals surface area contributed by atoms with Crippen LogP contribution in [0.3, 0.4) is 0 Å². The highest BCUT2D eigenvalue weighted by molar-refractivity contribution is 5.39. The van der Waals surface area contributed by atoms with E-state index in [0.29, 0.717) is 0 Å². The zero-order valence-electron chi connectivity index (χ0n) is 9.55. The summed E-state index contributed by atoms with van der Waals surface area (Å²) in [5, 5.41) is 8.73. The zero-order valence-corrected chi connectivity index (χ0v) is 9.55. The van der Waals surface area contributed by atoms with E-state index in [1.807, 2.05) is 6.92 Å². The third kappa shape index (κ3) is 2.15. The molecule has 2 aliphatic carbocycles. The van der Waals surface area contributed by atoms with Crippen LogP contribution >= 0.6 is 0 Å². The molecule has 0 amide bonds. The van der Waals surface area contributed by atoms with Crippen LogP contribution < -0.4 is 0 Å². The van der Waals surface area contributed by atoms with Gasteiger partial charge in [-0.15, -0.1) is 0 Å². The lowest BCUT2D eigenvalue weighted by Gasteiger charge is -2.14. The van der Waals surface area contributed by atoms with Gasteiger partial charge in [0, 0.05) is 5.92 Å². The van der Waals surface area contributed by atoms with E-state index in [0.717, 1.165) is 18.8 Å². The van der Waals surface area contributed by atoms with Crippen LogP contribution in [-0.2, 0) is 0 Å². The second-order valence-corrected chi connectivity index (χ2v) is 5.07. The third-order valence-electron chi connectivity index (χ3n) is 3.84. The Hall–Kier alpha value is -1.03. The number of nitriles is 1. The predicted molar refractivity (Wildman–Crippen MR) is 62.1 cm³/mol. The molecule has 1 heteroatoms. The number of fused-ring (bicyclic) bond motifs is 2. The number of rotatable bonds is 4. The Morgan fingerprint density at radius 3 is 2.93 bits per heavy atom. The average molecular weight is 201 g/mol. The summed E-state index contributed by atoms with van der Waals surface area (Å²) >= 11 is 0. The fourth-order valence-corrected chi connectivity index (χ4v) is 2.81. The van der Waals surface area contributed by atoms with E-state index in [2.05, 4.69) is 12.6 Å². The smallest absolute Gasteiger partial charge is 0.0652 e. The molecule has 80 valence electrons. The van der Waals surface area contributed by atoms with Crippen molar-refractivity contribution in [3.63, 3.8) is 0 Å². The summed E-state index contributed by atoms with van der Waals surface area (Å²) in [5.74, 6) is 1.10. The lowest BCUT2D eigenvalue weighted by molar-refractivity contribution is 0.561. The molecule has 15 heavy (non-hydrogen) atoms. The van der Waals surface area contributed by atoms with Crippen LogP contribution in [0.5, 0.6) is 0 Å². The fraction of sp³-hybridized carbons (Fsp3) is 0.643. The van der Waals surface area contributed by atoms with Crippen LogP contribution in [0, 0.1) is 23.2 Å². The molecule has 0 saturated heterocycles. The first-order valence-corrected chi connectivity index (χ1v) is 5.99. The second-order valence-electron chi connectivity index (χ2n) is 5.07. The Morgan fingerprint density at radius 1 is 1.60 bits per heavy atom. The Labute approximate surface area is 92.5 Å². The summed E-state index contributed by atoms with van der Waals surface area (Å²) < 4.78 is 0. The Kier molecular flexibility index (Phi) is 2.95. The molecule has 0 aliphatic heterocycles. The van der Waals surface area contributed by atoms with Crippen LogP contribution in [0.1, 0.15) is 45.4 Å². The first-order chi connectivity index (χ1) is 7.20. The topological polar surface area (TPSA) is 23.8 Å². The van der Waals surface area contributed by atoms with Crippen molar-refractivity contribution in [2.75, 3.05) is 0 Å². The van der Waals surface area contributed by atoms with Gasteiger partial charge in [0.05, 0.1) is 6.07 Å². The molecule has 0 radical (unpaired) electrons. The van der Waals surface area contributed by atoms with Crippen molar-refractivity contribution in [3.05, 3.63) is 23.3 Å². The largest absolute Gasteiger partial charge is 0.198 e. The van der Waals surface area contributed by atoms with Gasteiger partial charge in [-0.1, -0.05) is 17.7 Å². The molecule has 2 aliphatic rings. The molecule has 1 nitrogen and oxygen atoms in total. The van der Waals surface area contributed by atoms with Crippen molar-refractivity contribution in [3.8, 4) is 6.07 Å². The van der Waals surface area contributed by atoms with Gasteiger partial charge >= 0.3 is 0 Å². The van der Waals surface area contributed by atoms with Crippen molar-refractivity contribution in [2.24, 2.45) is 11.8 Å². The number of allylic oxidation sites excluding steroid dienone is 3. The second kappa shape index (κ2) is 4.23. The van der Waals surface area contributed by atoms with Gasteiger partial charge < -0.3 is 0 Å². The molecule has 2 atom stereocenters. The van der Waals surface area contributed by atoms with Crippen molar-refractivity contribution in [1.82, 2.24) is 0 Å². The predicted octanol–water partition coefficient (Wildman–Crippen LogP) is 3.98. The summed E-state index contributed by atoms with van der Waals surface area (Å²) in [5.41, 5.74) is 4.56. The van der Waals surface area contributed by atoms with E-state index in [1.165, 1.54) is 31.3 Å². The van der Waals surface area contributed by atoms with E-state index >= 15 is 0 Å². The van der Waals surface area contributed by atoms with Gasteiger partial charge in [-0.3, -0.25) is 0 Å². The standard InChI is InChI=1S/C14H19N/c1-10(9-15)3-4-11(2)14-8-12-5-6-13(14)7-12/h10,12H,2-8H2,1H3. The van der Waals surface area contributed by atoms with E-state index in [1.54, 1.807) is 11.1 Å². The molecule has 1 fully saturated rings. The van der Waals surface area contributed by atoms with Crippen LogP contribution in [0.25, 0.3) is 0 Å². The fourth-order valence-electron chi connectivity index (χ4n) is 2.81. The molecule has 0 aromatic heterocycles. The van der Waals surface area contributed by atoms with Gasteiger partial charge in [0.25, 0.3) is 0 Å². The summed E-state index contributed by atoms with van der Waals surface area (Å²) in [7, 11) is 0. The van der Waals surface area contributed by atoms with Crippen molar-refractivity contribution < 1.29 is 0 Å². The molecule has 1 saturated carbocycles. The van der Waals surface area contributed by atoms with Gasteiger partial charge in [0.15, 0.2) is 0 Å². The number of hydrogen-bond donors (Lipinski definition) is 0.